The number of fused-ring (bicyclic) bond motifs is 1. The molecule has 2 N–H and O–H groups in total. The molecule has 0 spiro atoms. The first-order valence-corrected chi connectivity index (χ1v) is 5.43. The summed E-state index contributed by atoms with van der Waals surface area (Å²) in [7, 11) is 0. The van der Waals surface area contributed by atoms with Gasteiger partial charge in [-0.05, 0) is 49.3 Å². The van der Waals surface area contributed by atoms with Gasteiger partial charge in [0.2, 0.25) is 0 Å². The molecule has 0 radical (unpaired) electrons. The van der Waals surface area contributed by atoms with Gasteiger partial charge in [0.05, 0.1) is 0 Å². The lowest BCUT2D eigenvalue weighted by molar-refractivity contribution is 0.437. The molecule has 0 heterocycles. The van der Waals surface area contributed by atoms with Crippen molar-refractivity contribution in [1.82, 2.24) is 0 Å². The zero-order valence-corrected chi connectivity index (χ0v) is 9.30. The van der Waals surface area contributed by atoms with Crippen LogP contribution in [0.25, 0.3) is 0 Å². The van der Waals surface area contributed by atoms with E-state index in [4.69, 9.17) is 5.73 Å². The highest BCUT2D eigenvalue weighted by molar-refractivity contribution is 5.41. The van der Waals surface area contributed by atoms with Gasteiger partial charge in [0.25, 0.3) is 0 Å². The van der Waals surface area contributed by atoms with Crippen LogP contribution in [0.1, 0.15) is 41.6 Å². The number of hydrogen-bond donors (Lipinski definition) is 1. The minimum absolute atomic E-state index is 0.257. The smallest absolute Gasteiger partial charge is 0.0300 e. The number of hydrogen-bond acceptors (Lipinski definition) is 1. The number of nitrogens with two attached hydrogens (primary N) is 1. The maximum Gasteiger partial charge on any atom is 0.0300 e. The Hall–Kier alpha value is -0.820. The Morgan fingerprint density at radius 2 is 2.00 bits per heavy atom. The average molecular weight is 189 g/mol. The molecule has 1 nitrogen and oxygen atoms in total. The van der Waals surface area contributed by atoms with Gasteiger partial charge in [0.1, 0.15) is 0 Å². The maximum absolute atomic E-state index is 6.17. The van der Waals surface area contributed by atoms with Crippen LogP contribution in [0.2, 0.25) is 0 Å². The SMILES string of the molecule is Cc1cc(C)c2c(c1)C(N)CC(C)C2. The molecular formula is C13H19N. The summed E-state index contributed by atoms with van der Waals surface area (Å²) >= 11 is 0. The summed E-state index contributed by atoms with van der Waals surface area (Å²) < 4.78 is 0. The molecule has 2 rings (SSSR count). The molecule has 0 aromatic heterocycles. The normalized spacial score (nSPS) is 26.0. The van der Waals surface area contributed by atoms with Gasteiger partial charge >= 0.3 is 0 Å². The number of rotatable bonds is 0. The third-order valence-electron chi connectivity index (χ3n) is 3.26. The predicted molar refractivity (Wildman–Crippen MR) is 60.3 cm³/mol. The summed E-state index contributed by atoms with van der Waals surface area (Å²) in [6, 6.07) is 4.79. The predicted octanol–water partition coefficient (Wildman–Crippen LogP) is 2.89. The monoisotopic (exact) mass is 189 g/mol. The first kappa shape index (κ1) is 9.72. The van der Waals surface area contributed by atoms with E-state index in [0.29, 0.717) is 0 Å². The van der Waals surface area contributed by atoms with E-state index < -0.39 is 0 Å². The van der Waals surface area contributed by atoms with Crippen LogP contribution in [-0.2, 0) is 6.42 Å². The molecular weight excluding hydrogens is 170 g/mol. The molecule has 2 atom stereocenters. The lowest BCUT2D eigenvalue weighted by atomic mass is 9.79. The molecule has 76 valence electrons. The molecule has 1 aromatic carbocycles. The molecule has 1 heteroatoms. The molecule has 1 aliphatic rings. The Bertz CT molecular complexity index is 354. The summed E-state index contributed by atoms with van der Waals surface area (Å²) in [5.41, 5.74) is 11.8. The van der Waals surface area contributed by atoms with E-state index in [0.717, 1.165) is 12.3 Å². The third kappa shape index (κ3) is 1.57. The Morgan fingerprint density at radius 1 is 1.29 bits per heavy atom. The Kier molecular flexibility index (Phi) is 2.36. The van der Waals surface area contributed by atoms with Crippen molar-refractivity contribution in [2.24, 2.45) is 11.7 Å². The standard InChI is InChI=1S/C13H19N/c1-8-4-10(3)11-5-9(2)7-13(14)12(11)6-8/h4,6,9,13H,5,7,14H2,1-3H3. The molecule has 1 aliphatic carbocycles. The van der Waals surface area contributed by atoms with Crippen molar-refractivity contribution in [2.45, 2.75) is 39.7 Å². The van der Waals surface area contributed by atoms with E-state index in [1.807, 2.05) is 0 Å². The van der Waals surface area contributed by atoms with Crippen LogP contribution < -0.4 is 5.73 Å². The van der Waals surface area contributed by atoms with Gasteiger partial charge < -0.3 is 5.73 Å². The van der Waals surface area contributed by atoms with Crippen molar-refractivity contribution in [3.63, 3.8) is 0 Å². The lowest BCUT2D eigenvalue weighted by Crippen LogP contribution is -2.23. The van der Waals surface area contributed by atoms with Crippen LogP contribution >= 0.6 is 0 Å². The fourth-order valence-electron chi connectivity index (χ4n) is 2.63. The molecule has 1 aromatic rings. The van der Waals surface area contributed by atoms with Crippen molar-refractivity contribution in [3.8, 4) is 0 Å². The van der Waals surface area contributed by atoms with E-state index in [-0.39, 0.29) is 6.04 Å². The van der Waals surface area contributed by atoms with Crippen molar-refractivity contribution < 1.29 is 0 Å². The van der Waals surface area contributed by atoms with Gasteiger partial charge in [0, 0.05) is 6.04 Å². The number of benzene rings is 1. The van der Waals surface area contributed by atoms with Gasteiger partial charge in [-0.1, -0.05) is 24.6 Å². The fourth-order valence-corrected chi connectivity index (χ4v) is 2.63. The summed E-state index contributed by atoms with van der Waals surface area (Å²) in [5.74, 6) is 0.735. The second-order valence-electron chi connectivity index (χ2n) is 4.80. The summed E-state index contributed by atoms with van der Waals surface area (Å²) in [4.78, 5) is 0. The molecule has 14 heavy (non-hydrogen) atoms. The minimum atomic E-state index is 0.257. The van der Waals surface area contributed by atoms with Crippen LogP contribution in [0.15, 0.2) is 12.1 Å². The molecule has 0 saturated heterocycles. The highest BCUT2D eigenvalue weighted by Gasteiger charge is 2.22. The van der Waals surface area contributed by atoms with Gasteiger partial charge in [-0.2, -0.15) is 0 Å². The average Bonchev–Trinajstić information content (AvgIpc) is 2.07. The first-order valence-electron chi connectivity index (χ1n) is 5.43. The van der Waals surface area contributed by atoms with Crippen LogP contribution in [0.4, 0.5) is 0 Å². The van der Waals surface area contributed by atoms with E-state index >= 15 is 0 Å². The molecule has 2 unspecified atom stereocenters. The van der Waals surface area contributed by atoms with E-state index in [2.05, 4.69) is 32.9 Å². The molecule has 0 amide bonds. The van der Waals surface area contributed by atoms with Crippen LogP contribution in [0, 0.1) is 19.8 Å². The van der Waals surface area contributed by atoms with Crippen LogP contribution in [0.3, 0.4) is 0 Å². The molecule has 0 saturated carbocycles. The van der Waals surface area contributed by atoms with Crippen molar-refractivity contribution in [2.75, 3.05) is 0 Å². The minimum Gasteiger partial charge on any atom is -0.324 e. The Labute approximate surface area is 86.3 Å². The zero-order chi connectivity index (χ0) is 10.3. The number of aryl methyl sites for hydroxylation is 2. The first-order chi connectivity index (χ1) is 6.58. The van der Waals surface area contributed by atoms with E-state index in [9.17, 15) is 0 Å². The molecule has 0 bridgehead atoms. The molecule has 0 fully saturated rings. The van der Waals surface area contributed by atoms with Gasteiger partial charge in [-0.25, -0.2) is 0 Å². The van der Waals surface area contributed by atoms with Crippen LogP contribution in [0.5, 0.6) is 0 Å². The molecule has 0 aliphatic heterocycles. The van der Waals surface area contributed by atoms with E-state index in [1.165, 1.54) is 28.7 Å². The second kappa shape index (κ2) is 3.39. The highest BCUT2D eigenvalue weighted by atomic mass is 14.6. The topological polar surface area (TPSA) is 26.0 Å². The third-order valence-corrected chi connectivity index (χ3v) is 3.26. The van der Waals surface area contributed by atoms with Gasteiger partial charge in [-0.3, -0.25) is 0 Å². The maximum atomic E-state index is 6.17. The van der Waals surface area contributed by atoms with Crippen molar-refractivity contribution in [3.05, 3.63) is 34.4 Å². The quantitative estimate of drug-likeness (QED) is 0.667. The van der Waals surface area contributed by atoms with E-state index in [1.54, 1.807) is 0 Å². The second-order valence-corrected chi connectivity index (χ2v) is 4.80. The lowest BCUT2D eigenvalue weighted by Gasteiger charge is -2.29. The summed E-state index contributed by atoms with van der Waals surface area (Å²) in [6.45, 7) is 6.65. The largest absolute Gasteiger partial charge is 0.324 e. The Balaban J connectivity index is 2.53. The van der Waals surface area contributed by atoms with Crippen LogP contribution in [-0.4, -0.2) is 0 Å². The summed E-state index contributed by atoms with van der Waals surface area (Å²) in [6.07, 6.45) is 2.34. The highest BCUT2D eigenvalue weighted by Crippen LogP contribution is 2.33. The fraction of sp³-hybridized carbons (Fsp3) is 0.538. The van der Waals surface area contributed by atoms with Gasteiger partial charge in [0.15, 0.2) is 0 Å². The Morgan fingerprint density at radius 3 is 2.71 bits per heavy atom. The van der Waals surface area contributed by atoms with Crippen molar-refractivity contribution in [1.29, 1.82) is 0 Å². The van der Waals surface area contributed by atoms with Gasteiger partial charge in [-0.15, -0.1) is 0 Å². The van der Waals surface area contributed by atoms with Crippen molar-refractivity contribution >= 4 is 0 Å². The summed E-state index contributed by atoms with van der Waals surface area (Å²) in [5, 5.41) is 0. The zero-order valence-electron chi connectivity index (χ0n) is 9.30.